The molecule has 2 N–H and O–H groups in total. The topological polar surface area (TPSA) is 74.0 Å². The summed E-state index contributed by atoms with van der Waals surface area (Å²) in [7, 11) is 1.64. The van der Waals surface area contributed by atoms with Crippen molar-refractivity contribution in [3.63, 3.8) is 0 Å². The molecule has 6 nitrogen and oxygen atoms in total. The van der Waals surface area contributed by atoms with Crippen molar-refractivity contribution in [3.05, 3.63) is 23.8 Å². The maximum atomic E-state index is 13.3. The first-order valence-electron chi connectivity index (χ1n) is 10.1. The number of amides is 1. The molecule has 0 unspecified atom stereocenters. The minimum Gasteiger partial charge on any atom is -0.493 e. The first-order chi connectivity index (χ1) is 13.1. The summed E-state index contributed by atoms with van der Waals surface area (Å²) < 4.78 is 17.2. The average Bonchev–Trinajstić information content (AvgIpc) is 2.67. The van der Waals surface area contributed by atoms with E-state index in [1.165, 1.54) is 0 Å². The third-order valence-electron chi connectivity index (χ3n) is 5.50. The fourth-order valence-electron chi connectivity index (χ4n) is 4.01. The van der Waals surface area contributed by atoms with Crippen LogP contribution in [0.15, 0.2) is 18.2 Å². The lowest BCUT2D eigenvalue weighted by Crippen LogP contribution is -2.47. The molecule has 1 saturated carbocycles. The second-order valence-electron chi connectivity index (χ2n) is 7.49. The van der Waals surface area contributed by atoms with Crippen molar-refractivity contribution in [1.29, 1.82) is 0 Å². The zero-order valence-electron chi connectivity index (χ0n) is 16.9. The van der Waals surface area contributed by atoms with Crippen LogP contribution in [0.1, 0.15) is 44.6 Å². The molecule has 1 aliphatic heterocycles. The first-order valence-corrected chi connectivity index (χ1v) is 10.1. The number of hydrogen-bond donors (Lipinski definition) is 1. The maximum absolute atomic E-state index is 13.3. The van der Waals surface area contributed by atoms with E-state index in [-0.39, 0.29) is 36.4 Å². The number of carbonyl (C=O) groups excluding carboxylic acids is 1. The summed E-state index contributed by atoms with van der Waals surface area (Å²) in [5, 5.41) is 0. The highest BCUT2D eigenvalue weighted by Gasteiger charge is 2.35. The summed E-state index contributed by atoms with van der Waals surface area (Å²) in [6, 6.07) is 5.88. The number of halogens is 1. The Hall–Kier alpha value is -1.50. The maximum Gasteiger partial charge on any atom is 0.226 e. The van der Waals surface area contributed by atoms with Gasteiger partial charge in [0.1, 0.15) is 0 Å². The predicted molar refractivity (Wildman–Crippen MR) is 111 cm³/mol. The molecule has 1 fully saturated rings. The lowest BCUT2D eigenvalue weighted by Gasteiger charge is -2.36. The molecule has 1 aromatic rings. The summed E-state index contributed by atoms with van der Waals surface area (Å²) in [4.78, 5) is 15.2. The van der Waals surface area contributed by atoms with Crippen molar-refractivity contribution in [2.45, 2.75) is 57.7 Å². The number of carbonyl (C=O) groups is 1. The van der Waals surface area contributed by atoms with E-state index < -0.39 is 0 Å². The van der Waals surface area contributed by atoms with Crippen LogP contribution in [0.5, 0.6) is 11.5 Å². The molecule has 0 bridgehead atoms. The predicted octanol–water partition coefficient (Wildman–Crippen LogP) is 3.15. The van der Waals surface area contributed by atoms with Crippen LogP contribution in [0.25, 0.3) is 0 Å². The van der Waals surface area contributed by atoms with Gasteiger partial charge in [-0.3, -0.25) is 4.79 Å². The standard InChI is InChI=1S/C21H32N2O4.ClH/c1-3-11-26-19-13-15(8-9-17(19)22)21(24)23-10-5-12-27-20-16(14-23)6-4-7-18(20)25-2;/h4,6-7,15,17,19H,3,5,8-14,22H2,1-2H3;1H/t15-,17-,19-;/m0./s1. The van der Waals surface area contributed by atoms with E-state index in [4.69, 9.17) is 19.9 Å². The Balaban J connectivity index is 0.00000280. The molecule has 0 spiro atoms. The molecule has 0 saturated heterocycles. The van der Waals surface area contributed by atoms with Gasteiger partial charge in [-0.15, -0.1) is 12.4 Å². The number of nitrogens with two attached hydrogens (primary N) is 1. The summed E-state index contributed by atoms with van der Waals surface area (Å²) in [5.74, 6) is 1.68. The smallest absolute Gasteiger partial charge is 0.226 e. The van der Waals surface area contributed by atoms with E-state index in [2.05, 4.69) is 6.92 Å². The van der Waals surface area contributed by atoms with Gasteiger partial charge >= 0.3 is 0 Å². The number of fused-ring (bicyclic) bond motifs is 1. The number of ether oxygens (including phenoxy) is 3. The molecular formula is C21H33ClN2O4. The van der Waals surface area contributed by atoms with Crippen molar-refractivity contribution in [3.8, 4) is 11.5 Å². The molecule has 1 heterocycles. The lowest BCUT2D eigenvalue weighted by molar-refractivity contribution is -0.139. The minimum absolute atomic E-state index is 0. The van der Waals surface area contributed by atoms with Gasteiger partial charge in [-0.2, -0.15) is 0 Å². The zero-order valence-corrected chi connectivity index (χ0v) is 17.7. The number of benzene rings is 1. The monoisotopic (exact) mass is 412 g/mol. The molecule has 0 radical (unpaired) electrons. The number of nitrogens with zero attached hydrogens (tertiary/aromatic N) is 1. The second kappa shape index (κ2) is 10.9. The van der Waals surface area contributed by atoms with Crippen molar-refractivity contribution >= 4 is 18.3 Å². The van der Waals surface area contributed by atoms with Gasteiger partial charge in [-0.1, -0.05) is 19.1 Å². The van der Waals surface area contributed by atoms with E-state index in [9.17, 15) is 4.79 Å². The van der Waals surface area contributed by atoms with E-state index in [0.29, 0.717) is 26.3 Å². The van der Waals surface area contributed by atoms with Gasteiger partial charge in [0.2, 0.25) is 5.91 Å². The molecule has 0 aromatic heterocycles. The Bertz CT molecular complexity index is 643. The van der Waals surface area contributed by atoms with Gasteiger partial charge in [0.05, 0.1) is 19.8 Å². The number of methoxy groups -OCH3 is 1. The highest BCUT2D eigenvalue weighted by atomic mass is 35.5. The van der Waals surface area contributed by atoms with Gasteiger partial charge in [-0.05, 0) is 38.2 Å². The van der Waals surface area contributed by atoms with Crippen LogP contribution in [-0.4, -0.2) is 49.8 Å². The SMILES string of the molecule is CCCO[C@H]1C[C@@H](C(=O)N2CCCOc3c(cccc3OC)C2)CC[C@@H]1N.Cl. The first kappa shape index (κ1) is 22.8. The van der Waals surface area contributed by atoms with Crippen molar-refractivity contribution in [1.82, 2.24) is 4.90 Å². The molecule has 28 heavy (non-hydrogen) atoms. The summed E-state index contributed by atoms with van der Waals surface area (Å²) in [6.07, 6.45) is 4.16. The van der Waals surface area contributed by atoms with Crippen LogP contribution in [0.4, 0.5) is 0 Å². The minimum atomic E-state index is -0.0156. The summed E-state index contributed by atoms with van der Waals surface area (Å²) in [5.41, 5.74) is 7.22. The number of hydrogen-bond acceptors (Lipinski definition) is 5. The van der Waals surface area contributed by atoms with Crippen LogP contribution < -0.4 is 15.2 Å². The fourth-order valence-corrected chi connectivity index (χ4v) is 4.01. The zero-order chi connectivity index (χ0) is 19.2. The van der Waals surface area contributed by atoms with Crippen molar-refractivity contribution in [2.75, 3.05) is 26.9 Å². The largest absolute Gasteiger partial charge is 0.493 e. The van der Waals surface area contributed by atoms with Gasteiger partial charge in [0.15, 0.2) is 11.5 Å². The number of para-hydroxylation sites is 1. The Morgan fingerprint density at radius 3 is 2.93 bits per heavy atom. The highest BCUT2D eigenvalue weighted by molar-refractivity contribution is 5.85. The third kappa shape index (κ3) is 5.31. The Morgan fingerprint density at radius 1 is 1.36 bits per heavy atom. The molecule has 7 heteroatoms. The van der Waals surface area contributed by atoms with Crippen molar-refractivity contribution < 1.29 is 19.0 Å². The van der Waals surface area contributed by atoms with Crippen LogP contribution in [0.2, 0.25) is 0 Å². The van der Waals surface area contributed by atoms with Crippen LogP contribution in [0, 0.1) is 5.92 Å². The molecule has 1 aromatic carbocycles. The van der Waals surface area contributed by atoms with Gasteiger partial charge in [0.25, 0.3) is 0 Å². The normalized spacial score (nSPS) is 24.8. The third-order valence-corrected chi connectivity index (χ3v) is 5.50. The quantitative estimate of drug-likeness (QED) is 0.804. The molecular weight excluding hydrogens is 380 g/mol. The molecule has 1 aliphatic carbocycles. The Kier molecular flexibility index (Phi) is 8.86. The van der Waals surface area contributed by atoms with Crippen LogP contribution >= 0.6 is 12.4 Å². The van der Waals surface area contributed by atoms with E-state index >= 15 is 0 Å². The molecule has 2 aliphatic rings. The summed E-state index contributed by atoms with van der Waals surface area (Å²) in [6.45, 7) is 4.63. The second-order valence-corrected chi connectivity index (χ2v) is 7.49. The van der Waals surface area contributed by atoms with Gasteiger partial charge < -0.3 is 24.8 Å². The van der Waals surface area contributed by atoms with Crippen LogP contribution in [-0.2, 0) is 16.1 Å². The van der Waals surface area contributed by atoms with E-state index in [1.807, 2.05) is 23.1 Å². The Labute approximate surface area is 174 Å². The lowest BCUT2D eigenvalue weighted by atomic mass is 9.83. The highest BCUT2D eigenvalue weighted by Crippen LogP contribution is 2.34. The molecule has 3 atom stereocenters. The van der Waals surface area contributed by atoms with E-state index in [1.54, 1.807) is 7.11 Å². The fraction of sp³-hybridized carbons (Fsp3) is 0.667. The van der Waals surface area contributed by atoms with Crippen molar-refractivity contribution in [2.24, 2.45) is 11.7 Å². The summed E-state index contributed by atoms with van der Waals surface area (Å²) >= 11 is 0. The molecule has 1 amide bonds. The number of rotatable bonds is 5. The molecule has 3 rings (SSSR count). The van der Waals surface area contributed by atoms with Crippen LogP contribution in [0.3, 0.4) is 0 Å². The molecule has 158 valence electrons. The average molecular weight is 413 g/mol. The van der Waals surface area contributed by atoms with Gasteiger partial charge in [0, 0.05) is 37.2 Å². The van der Waals surface area contributed by atoms with E-state index in [0.717, 1.165) is 49.2 Å². The van der Waals surface area contributed by atoms with Gasteiger partial charge in [-0.25, -0.2) is 0 Å². The Morgan fingerprint density at radius 2 is 2.18 bits per heavy atom.